The molecule has 0 atom stereocenters. The van der Waals surface area contributed by atoms with Crippen LogP contribution < -0.4 is 15.2 Å². The quantitative estimate of drug-likeness (QED) is 0.291. The van der Waals surface area contributed by atoms with Crippen LogP contribution in [0, 0.1) is 0 Å². The van der Waals surface area contributed by atoms with E-state index in [1.807, 2.05) is 72.8 Å². The van der Waals surface area contributed by atoms with E-state index in [1.165, 1.54) is 11.3 Å². The maximum Gasteiger partial charge on any atom is 0.205 e. The zero-order valence-electron chi connectivity index (χ0n) is 18.7. The molecule has 0 saturated heterocycles. The van der Waals surface area contributed by atoms with E-state index >= 15 is 0 Å². The highest BCUT2D eigenvalue weighted by Crippen LogP contribution is 2.45. The second-order valence-corrected chi connectivity index (χ2v) is 8.71. The summed E-state index contributed by atoms with van der Waals surface area (Å²) in [6, 6.07) is 26.7. The smallest absolute Gasteiger partial charge is 0.205 e. The summed E-state index contributed by atoms with van der Waals surface area (Å²) in [4.78, 5) is 19.4. The number of aromatic nitrogens is 1. The number of pyridine rings is 1. The highest BCUT2D eigenvalue weighted by molar-refractivity contribution is 7.21. The van der Waals surface area contributed by atoms with Crippen molar-refractivity contribution in [2.75, 3.05) is 20.0 Å². The molecule has 0 aliphatic carbocycles. The lowest BCUT2D eigenvalue weighted by Gasteiger charge is -2.13. The molecule has 5 rings (SSSR count). The van der Waals surface area contributed by atoms with Crippen molar-refractivity contribution >= 4 is 33.0 Å². The molecule has 5 nitrogen and oxygen atoms in total. The van der Waals surface area contributed by atoms with Crippen molar-refractivity contribution in [2.24, 2.45) is 0 Å². The van der Waals surface area contributed by atoms with Gasteiger partial charge in [-0.05, 0) is 24.3 Å². The number of hydrogen-bond donors (Lipinski definition) is 1. The molecule has 5 aromatic rings. The normalized spacial score (nSPS) is 10.9. The van der Waals surface area contributed by atoms with E-state index in [0.29, 0.717) is 32.5 Å². The van der Waals surface area contributed by atoms with Crippen LogP contribution in [0.1, 0.15) is 15.2 Å². The number of carbonyl (C=O) groups is 1. The fourth-order valence-electron chi connectivity index (χ4n) is 4.00. The van der Waals surface area contributed by atoms with Gasteiger partial charge >= 0.3 is 0 Å². The molecule has 2 heterocycles. The largest absolute Gasteiger partial charge is 0.497 e. The first-order chi connectivity index (χ1) is 16.6. The number of ketones is 1. The predicted molar refractivity (Wildman–Crippen MR) is 138 cm³/mol. The Labute approximate surface area is 201 Å². The topological polar surface area (TPSA) is 74.4 Å². The molecule has 6 heteroatoms. The average molecular weight is 467 g/mol. The Morgan fingerprint density at radius 2 is 1.56 bits per heavy atom. The lowest BCUT2D eigenvalue weighted by atomic mass is 9.97. The van der Waals surface area contributed by atoms with Crippen molar-refractivity contribution in [3.05, 3.63) is 95.4 Å². The van der Waals surface area contributed by atoms with Crippen molar-refractivity contribution in [1.82, 2.24) is 4.98 Å². The molecule has 0 spiro atoms. The van der Waals surface area contributed by atoms with Crippen molar-refractivity contribution in [3.63, 3.8) is 0 Å². The van der Waals surface area contributed by atoms with Gasteiger partial charge in [0.1, 0.15) is 21.2 Å². The van der Waals surface area contributed by atoms with Crippen LogP contribution in [-0.4, -0.2) is 25.0 Å². The van der Waals surface area contributed by atoms with E-state index in [9.17, 15) is 4.79 Å². The van der Waals surface area contributed by atoms with Gasteiger partial charge in [-0.15, -0.1) is 11.3 Å². The number of benzene rings is 3. The summed E-state index contributed by atoms with van der Waals surface area (Å²) in [6.45, 7) is 0. The number of fused-ring (bicyclic) bond motifs is 1. The summed E-state index contributed by atoms with van der Waals surface area (Å²) in [7, 11) is 3.25. The number of rotatable bonds is 6. The monoisotopic (exact) mass is 466 g/mol. The summed E-state index contributed by atoms with van der Waals surface area (Å²) < 4.78 is 11.2. The number of nitrogen functional groups attached to an aromatic ring is 1. The number of carbonyl (C=O) groups excluding carboxylic acids is 1. The van der Waals surface area contributed by atoms with Crippen LogP contribution in [0.5, 0.6) is 11.5 Å². The maximum atomic E-state index is 13.3. The Morgan fingerprint density at radius 1 is 0.853 bits per heavy atom. The highest BCUT2D eigenvalue weighted by atomic mass is 32.1. The molecule has 0 aliphatic heterocycles. The number of methoxy groups -OCH3 is 2. The molecule has 0 radical (unpaired) electrons. The average Bonchev–Trinajstić information content (AvgIpc) is 3.24. The third-order valence-corrected chi connectivity index (χ3v) is 6.81. The van der Waals surface area contributed by atoms with Crippen LogP contribution in [-0.2, 0) is 0 Å². The molecule has 3 aromatic carbocycles. The Bertz CT molecular complexity index is 1500. The van der Waals surface area contributed by atoms with Crippen LogP contribution in [0.4, 0.5) is 5.69 Å². The molecule has 0 saturated carbocycles. The maximum absolute atomic E-state index is 13.3. The van der Waals surface area contributed by atoms with Crippen LogP contribution >= 0.6 is 11.3 Å². The van der Waals surface area contributed by atoms with Gasteiger partial charge in [-0.3, -0.25) is 4.79 Å². The molecule has 0 aliphatic rings. The lowest BCUT2D eigenvalue weighted by Crippen LogP contribution is -2.02. The van der Waals surface area contributed by atoms with Crippen LogP contribution in [0.2, 0.25) is 0 Å². The number of hydrogen-bond acceptors (Lipinski definition) is 6. The van der Waals surface area contributed by atoms with E-state index in [4.69, 9.17) is 20.2 Å². The Balaban J connectivity index is 1.81. The molecule has 2 N–H and O–H groups in total. The van der Waals surface area contributed by atoms with E-state index in [2.05, 4.69) is 0 Å². The minimum absolute atomic E-state index is 0.120. The summed E-state index contributed by atoms with van der Waals surface area (Å²) >= 11 is 1.31. The van der Waals surface area contributed by atoms with Gasteiger partial charge in [0.2, 0.25) is 5.78 Å². The molecular weight excluding hydrogens is 444 g/mol. The summed E-state index contributed by atoms with van der Waals surface area (Å²) in [5.41, 5.74) is 11.1. The molecule has 0 fully saturated rings. The highest BCUT2D eigenvalue weighted by Gasteiger charge is 2.24. The first-order valence-corrected chi connectivity index (χ1v) is 11.5. The van der Waals surface area contributed by atoms with E-state index < -0.39 is 0 Å². The predicted octanol–water partition coefficient (Wildman–Crippen LogP) is 6.46. The minimum Gasteiger partial charge on any atom is -0.497 e. The molecule has 34 heavy (non-hydrogen) atoms. The lowest BCUT2D eigenvalue weighted by molar-refractivity contribution is 0.104. The number of nitrogens with two attached hydrogens (primary N) is 1. The fraction of sp³-hybridized carbons (Fsp3) is 0.0714. The van der Waals surface area contributed by atoms with E-state index in [-0.39, 0.29) is 5.78 Å². The standard InChI is InChI=1S/C28H22N2O3S/c1-32-19-13-14-23(33-2)20(15-19)21-16-22(17-9-5-3-6-10-17)30-28-24(21)25(29)27(34-28)26(31)18-11-7-4-8-12-18/h3-16H,29H2,1-2H3. The first-order valence-electron chi connectivity index (χ1n) is 10.7. The second-order valence-electron chi connectivity index (χ2n) is 7.71. The Hall–Kier alpha value is -4.16. The Kier molecular flexibility index (Phi) is 5.74. The van der Waals surface area contributed by atoms with E-state index in [0.717, 1.165) is 27.8 Å². The minimum atomic E-state index is -0.120. The van der Waals surface area contributed by atoms with Crippen LogP contribution in [0.3, 0.4) is 0 Å². The second kappa shape index (κ2) is 9.00. The molecule has 2 aromatic heterocycles. The molecular formula is C28H22N2O3S. The SMILES string of the molecule is COc1ccc(OC)c(-c2cc(-c3ccccc3)nc3sc(C(=O)c4ccccc4)c(N)c23)c1. The van der Waals surface area contributed by atoms with Crippen LogP contribution in [0.25, 0.3) is 32.6 Å². The van der Waals surface area contributed by atoms with Gasteiger partial charge in [-0.2, -0.15) is 0 Å². The van der Waals surface area contributed by atoms with Gasteiger partial charge in [-0.1, -0.05) is 60.7 Å². The van der Waals surface area contributed by atoms with Crippen molar-refractivity contribution in [3.8, 4) is 33.9 Å². The fourth-order valence-corrected chi connectivity index (χ4v) is 5.09. The Morgan fingerprint density at radius 3 is 2.24 bits per heavy atom. The van der Waals surface area contributed by atoms with Gasteiger partial charge in [0.05, 0.1) is 25.6 Å². The molecule has 0 amide bonds. The summed E-state index contributed by atoms with van der Waals surface area (Å²) in [6.07, 6.45) is 0. The summed E-state index contributed by atoms with van der Waals surface area (Å²) in [5.74, 6) is 1.25. The first kappa shape index (κ1) is 21.7. The van der Waals surface area contributed by atoms with Gasteiger partial charge in [0.15, 0.2) is 0 Å². The van der Waals surface area contributed by atoms with E-state index in [1.54, 1.807) is 26.4 Å². The number of anilines is 1. The van der Waals surface area contributed by atoms with Gasteiger partial charge < -0.3 is 15.2 Å². The molecule has 0 bridgehead atoms. The number of thiophene rings is 1. The third kappa shape index (κ3) is 3.78. The summed E-state index contributed by atoms with van der Waals surface area (Å²) in [5, 5.41) is 0.732. The molecule has 0 unspecified atom stereocenters. The molecule has 168 valence electrons. The zero-order chi connectivity index (χ0) is 23.7. The van der Waals surface area contributed by atoms with Crippen molar-refractivity contribution in [1.29, 1.82) is 0 Å². The van der Waals surface area contributed by atoms with Gasteiger partial charge in [0, 0.05) is 27.6 Å². The number of nitrogens with zero attached hydrogens (tertiary/aromatic N) is 1. The van der Waals surface area contributed by atoms with Gasteiger partial charge in [0.25, 0.3) is 0 Å². The number of ether oxygens (including phenoxy) is 2. The zero-order valence-corrected chi connectivity index (χ0v) is 19.6. The van der Waals surface area contributed by atoms with Crippen LogP contribution in [0.15, 0.2) is 84.9 Å². The van der Waals surface area contributed by atoms with Crippen molar-refractivity contribution in [2.45, 2.75) is 0 Å². The van der Waals surface area contributed by atoms with Gasteiger partial charge in [-0.25, -0.2) is 4.98 Å². The third-order valence-electron chi connectivity index (χ3n) is 5.71. The van der Waals surface area contributed by atoms with Crippen molar-refractivity contribution < 1.29 is 14.3 Å².